The molecule has 0 aliphatic carbocycles. The van der Waals surface area contributed by atoms with E-state index in [0.717, 1.165) is 4.88 Å². The van der Waals surface area contributed by atoms with E-state index < -0.39 is 10.9 Å². The van der Waals surface area contributed by atoms with Crippen LogP contribution >= 0.6 is 27.3 Å². The summed E-state index contributed by atoms with van der Waals surface area (Å²) in [6.07, 6.45) is 1.61. The minimum absolute atomic E-state index is 0.00640. The molecule has 0 N–H and O–H groups in total. The van der Waals surface area contributed by atoms with Crippen LogP contribution < -0.4 is 9.47 Å². The van der Waals surface area contributed by atoms with Gasteiger partial charge in [0.05, 0.1) is 20.9 Å². The van der Waals surface area contributed by atoms with E-state index in [4.69, 9.17) is 14.2 Å². The van der Waals surface area contributed by atoms with Gasteiger partial charge in [-0.2, -0.15) is 0 Å². The predicted molar refractivity (Wildman–Crippen MR) is 128 cm³/mol. The fraction of sp³-hybridized carbons (Fsp3) is 0.130. The van der Waals surface area contributed by atoms with Crippen LogP contribution in [-0.2, 0) is 16.1 Å². The molecule has 33 heavy (non-hydrogen) atoms. The average molecular weight is 529 g/mol. The molecule has 0 amide bonds. The van der Waals surface area contributed by atoms with E-state index in [1.165, 1.54) is 23.5 Å². The first kappa shape index (κ1) is 22.7. The van der Waals surface area contributed by atoms with Gasteiger partial charge < -0.3 is 14.2 Å². The van der Waals surface area contributed by atoms with Gasteiger partial charge in [0.15, 0.2) is 17.2 Å². The van der Waals surface area contributed by atoms with Gasteiger partial charge in [-0.15, -0.1) is 11.3 Å². The zero-order valence-corrected chi connectivity index (χ0v) is 19.7. The Labute approximate surface area is 201 Å². The van der Waals surface area contributed by atoms with Crippen LogP contribution in [0.15, 0.2) is 69.1 Å². The summed E-state index contributed by atoms with van der Waals surface area (Å²) < 4.78 is 17.5. The number of esters is 1. The summed E-state index contributed by atoms with van der Waals surface area (Å²) in [5.74, 6) is 0.654. The van der Waals surface area contributed by atoms with Crippen LogP contribution in [0.1, 0.15) is 22.9 Å². The molecule has 0 spiro atoms. The fourth-order valence-corrected chi connectivity index (χ4v) is 4.29. The predicted octanol–water partition coefficient (Wildman–Crippen LogP) is 5.74. The van der Waals surface area contributed by atoms with Gasteiger partial charge in [-0.05, 0) is 63.6 Å². The molecule has 168 valence electrons. The second kappa shape index (κ2) is 9.97. The van der Waals surface area contributed by atoms with Crippen LogP contribution in [-0.4, -0.2) is 23.4 Å². The second-order valence-electron chi connectivity index (χ2n) is 6.79. The van der Waals surface area contributed by atoms with Crippen molar-refractivity contribution in [2.75, 3.05) is 6.61 Å². The van der Waals surface area contributed by atoms with Gasteiger partial charge in [-0.25, -0.2) is 9.79 Å². The number of benzene rings is 2. The van der Waals surface area contributed by atoms with Crippen molar-refractivity contribution in [2.45, 2.75) is 13.5 Å². The number of nitrogens with zero attached hydrogens (tertiary/aromatic N) is 2. The minimum atomic E-state index is -0.529. The molecule has 1 aliphatic heterocycles. The van der Waals surface area contributed by atoms with E-state index in [1.807, 2.05) is 24.4 Å². The van der Waals surface area contributed by atoms with Crippen LogP contribution in [0.3, 0.4) is 0 Å². The number of ether oxygens (including phenoxy) is 3. The standard InChI is InChI=1S/C23H17BrN2O6S/c1-2-30-19-12-15(11-18-23(27)32-22(25-18)20-7-4-8-33-20)10-17(24)21(19)31-13-14-5-3-6-16(9-14)26(28)29/h3-12H,2,13H2,1H3/b18-11-. The van der Waals surface area contributed by atoms with Crippen LogP contribution in [0.25, 0.3) is 6.08 Å². The Morgan fingerprint density at radius 1 is 1.21 bits per heavy atom. The SMILES string of the molecule is CCOc1cc(/C=C2\N=C(c3cccs3)OC2=O)cc(Br)c1OCc1cccc([N+](=O)[O-])c1. The number of cyclic esters (lactones) is 1. The summed E-state index contributed by atoms with van der Waals surface area (Å²) in [6, 6.07) is 13.4. The van der Waals surface area contributed by atoms with Crippen molar-refractivity contribution in [1.82, 2.24) is 0 Å². The van der Waals surface area contributed by atoms with Crippen molar-refractivity contribution in [3.05, 3.63) is 90.2 Å². The summed E-state index contributed by atoms with van der Waals surface area (Å²) >= 11 is 4.93. The molecule has 0 fully saturated rings. The van der Waals surface area contributed by atoms with Gasteiger partial charge in [-0.3, -0.25) is 10.1 Å². The van der Waals surface area contributed by atoms with Crippen molar-refractivity contribution < 1.29 is 23.9 Å². The van der Waals surface area contributed by atoms with Crippen LogP contribution in [0.5, 0.6) is 11.5 Å². The van der Waals surface area contributed by atoms with Gasteiger partial charge in [-0.1, -0.05) is 18.2 Å². The molecular weight excluding hydrogens is 512 g/mol. The molecule has 2 heterocycles. The first-order valence-corrected chi connectivity index (χ1v) is 11.5. The molecule has 2 aromatic carbocycles. The summed E-state index contributed by atoms with van der Waals surface area (Å²) in [5, 5.41) is 12.9. The highest BCUT2D eigenvalue weighted by Gasteiger charge is 2.25. The van der Waals surface area contributed by atoms with Gasteiger partial charge in [0, 0.05) is 12.1 Å². The summed E-state index contributed by atoms with van der Waals surface area (Å²) in [4.78, 5) is 27.9. The molecular formula is C23H17BrN2O6S. The molecule has 0 saturated heterocycles. The third-order valence-corrected chi connectivity index (χ3v) is 5.94. The Hall–Kier alpha value is -3.50. The van der Waals surface area contributed by atoms with Crippen molar-refractivity contribution >= 4 is 50.9 Å². The number of thiophene rings is 1. The number of carbonyl (C=O) groups excluding carboxylic acids is 1. The van der Waals surface area contributed by atoms with Crippen molar-refractivity contribution in [2.24, 2.45) is 4.99 Å². The zero-order chi connectivity index (χ0) is 23.4. The maximum atomic E-state index is 12.3. The number of hydrogen-bond acceptors (Lipinski definition) is 8. The fourth-order valence-electron chi connectivity index (χ4n) is 3.06. The highest BCUT2D eigenvalue weighted by atomic mass is 79.9. The molecule has 1 aliphatic rings. The lowest BCUT2D eigenvalue weighted by Crippen LogP contribution is -2.03. The Kier molecular flexibility index (Phi) is 6.85. The Bertz CT molecular complexity index is 1270. The number of carbonyl (C=O) groups is 1. The molecule has 0 saturated carbocycles. The van der Waals surface area contributed by atoms with Gasteiger partial charge in [0.25, 0.3) is 5.69 Å². The van der Waals surface area contributed by atoms with E-state index in [0.29, 0.717) is 33.7 Å². The molecule has 0 atom stereocenters. The average Bonchev–Trinajstić information content (AvgIpc) is 3.44. The lowest BCUT2D eigenvalue weighted by Gasteiger charge is -2.15. The van der Waals surface area contributed by atoms with Crippen molar-refractivity contribution in [3.63, 3.8) is 0 Å². The van der Waals surface area contributed by atoms with Crippen molar-refractivity contribution in [3.8, 4) is 11.5 Å². The van der Waals surface area contributed by atoms with Crippen LogP contribution in [0.2, 0.25) is 0 Å². The molecule has 0 unspecified atom stereocenters. The van der Waals surface area contributed by atoms with E-state index in [2.05, 4.69) is 20.9 Å². The summed E-state index contributed by atoms with van der Waals surface area (Å²) in [7, 11) is 0. The first-order chi connectivity index (χ1) is 15.9. The number of aliphatic imine (C=N–C) groups is 1. The van der Waals surface area contributed by atoms with E-state index in [-0.39, 0.29) is 23.9 Å². The smallest absolute Gasteiger partial charge is 0.363 e. The van der Waals surface area contributed by atoms with E-state index in [1.54, 1.807) is 30.3 Å². The number of halogens is 1. The molecule has 0 radical (unpaired) electrons. The first-order valence-electron chi connectivity index (χ1n) is 9.83. The van der Waals surface area contributed by atoms with Gasteiger partial charge in [0.1, 0.15) is 6.61 Å². The molecule has 0 bridgehead atoms. The third-order valence-electron chi connectivity index (χ3n) is 4.49. The van der Waals surface area contributed by atoms with Gasteiger partial charge >= 0.3 is 5.97 Å². The highest BCUT2D eigenvalue weighted by molar-refractivity contribution is 9.10. The normalized spacial score (nSPS) is 14.2. The molecule has 1 aromatic heterocycles. The van der Waals surface area contributed by atoms with Crippen molar-refractivity contribution in [1.29, 1.82) is 0 Å². The number of nitro groups is 1. The number of non-ortho nitro benzene ring substituents is 1. The molecule has 8 nitrogen and oxygen atoms in total. The van der Waals surface area contributed by atoms with E-state index in [9.17, 15) is 14.9 Å². The largest absolute Gasteiger partial charge is 0.490 e. The molecule has 4 rings (SSSR count). The summed E-state index contributed by atoms with van der Waals surface area (Å²) in [5.41, 5.74) is 1.48. The maximum Gasteiger partial charge on any atom is 0.363 e. The number of rotatable bonds is 8. The highest BCUT2D eigenvalue weighted by Crippen LogP contribution is 2.38. The Balaban J connectivity index is 1.59. The number of hydrogen-bond donors (Lipinski definition) is 0. The lowest BCUT2D eigenvalue weighted by atomic mass is 10.1. The van der Waals surface area contributed by atoms with Gasteiger partial charge in [0.2, 0.25) is 5.90 Å². The second-order valence-corrected chi connectivity index (χ2v) is 8.59. The molecule has 10 heteroatoms. The third kappa shape index (κ3) is 5.29. The monoisotopic (exact) mass is 528 g/mol. The maximum absolute atomic E-state index is 12.3. The minimum Gasteiger partial charge on any atom is -0.490 e. The topological polar surface area (TPSA) is 100 Å². The van der Waals surface area contributed by atoms with E-state index >= 15 is 0 Å². The van der Waals surface area contributed by atoms with Crippen LogP contribution in [0.4, 0.5) is 5.69 Å². The number of nitro benzene ring substituents is 1. The van der Waals surface area contributed by atoms with Crippen LogP contribution in [0, 0.1) is 10.1 Å². The molecule has 3 aromatic rings. The quantitative estimate of drug-likeness (QED) is 0.160. The summed E-state index contributed by atoms with van der Waals surface area (Å²) in [6.45, 7) is 2.35. The Morgan fingerprint density at radius 2 is 2.06 bits per heavy atom. The lowest BCUT2D eigenvalue weighted by molar-refractivity contribution is -0.384. The zero-order valence-electron chi connectivity index (χ0n) is 17.3. The Morgan fingerprint density at radius 3 is 2.79 bits per heavy atom.